The lowest BCUT2D eigenvalue weighted by Gasteiger charge is -2.37. The zero-order chi connectivity index (χ0) is 11.5. The van der Waals surface area contributed by atoms with Gasteiger partial charge in [-0.1, -0.05) is 0 Å². The van der Waals surface area contributed by atoms with Crippen LogP contribution in [0.25, 0.3) is 0 Å². The minimum absolute atomic E-state index is 0.0981. The second kappa shape index (κ2) is 5.15. The lowest BCUT2D eigenvalue weighted by molar-refractivity contribution is -0.135. The van der Waals surface area contributed by atoms with Gasteiger partial charge in [0.1, 0.15) is 0 Å². The molecule has 4 heteroatoms. The van der Waals surface area contributed by atoms with Crippen LogP contribution in [0.5, 0.6) is 0 Å². The first-order chi connectivity index (χ1) is 7.68. The first kappa shape index (κ1) is 11.9. The number of likely N-dealkylation sites (N-methyl/N-ethyl adjacent to an activating group) is 1. The van der Waals surface area contributed by atoms with Gasteiger partial charge in [-0.05, 0) is 46.3 Å². The van der Waals surface area contributed by atoms with E-state index in [0.717, 1.165) is 38.9 Å². The summed E-state index contributed by atoms with van der Waals surface area (Å²) in [4.78, 5) is 16.5. The van der Waals surface area contributed by atoms with Crippen LogP contribution in [0.1, 0.15) is 25.7 Å². The lowest BCUT2D eigenvalue weighted by Crippen LogP contribution is -2.52. The zero-order valence-electron chi connectivity index (χ0n) is 10.4. The summed E-state index contributed by atoms with van der Waals surface area (Å²) in [7, 11) is 4.21. The highest BCUT2D eigenvalue weighted by atomic mass is 16.2. The van der Waals surface area contributed by atoms with Crippen molar-refractivity contribution in [3.63, 3.8) is 0 Å². The van der Waals surface area contributed by atoms with Crippen LogP contribution in [0.3, 0.4) is 0 Å². The Balaban J connectivity index is 1.90. The van der Waals surface area contributed by atoms with Gasteiger partial charge < -0.3 is 15.1 Å². The largest absolute Gasteiger partial charge is 0.340 e. The highest BCUT2D eigenvalue weighted by Crippen LogP contribution is 2.16. The first-order valence-corrected chi connectivity index (χ1v) is 6.37. The molecule has 4 nitrogen and oxygen atoms in total. The topological polar surface area (TPSA) is 35.6 Å². The number of hydrogen-bond donors (Lipinski definition) is 1. The monoisotopic (exact) mass is 225 g/mol. The fourth-order valence-corrected chi connectivity index (χ4v) is 2.69. The van der Waals surface area contributed by atoms with E-state index in [4.69, 9.17) is 0 Å². The van der Waals surface area contributed by atoms with Crippen molar-refractivity contribution >= 4 is 5.91 Å². The average molecular weight is 225 g/mol. The Morgan fingerprint density at radius 1 is 1.31 bits per heavy atom. The molecular formula is C12H23N3O. The van der Waals surface area contributed by atoms with Gasteiger partial charge in [-0.25, -0.2) is 0 Å². The number of nitrogens with one attached hydrogen (secondary N) is 1. The van der Waals surface area contributed by atoms with Gasteiger partial charge in [-0.2, -0.15) is 0 Å². The molecule has 0 aromatic rings. The predicted octanol–water partition coefficient (Wildman–Crippen LogP) is 0.291. The van der Waals surface area contributed by atoms with E-state index in [9.17, 15) is 4.79 Å². The van der Waals surface area contributed by atoms with E-state index in [-0.39, 0.29) is 6.04 Å². The molecule has 2 fully saturated rings. The molecule has 0 spiro atoms. The normalized spacial score (nSPS) is 31.1. The summed E-state index contributed by atoms with van der Waals surface area (Å²) in [6, 6.07) is 0.639. The molecule has 0 aliphatic carbocycles. The van der Waals surface area contributed by atoms with E-state index in [0.29, 0.717) is 11.9 Å². The van der Waals surface area contributed by atoms with Crippen LogP contribution in [0.4, 0.5) is 0 Å². The summed E-state index contributed by atoms with van der Waals surface area (Å²) in [6.45, 7) is 2.85. The van der Waals surface area contributed by atoms with Gasteiger partial charge in [0.15, 0.2) is 0 Å². The number of nitrogens with zero attached hydrogens (tertiary/aromatic N) is 2. The SMILES string of the molecule is CN(C)C1CCCN(C(=O)[C@@H]2CCCN2)C1. The standard InChI is InChI=1S/C12H23N3O/c1-14(2)10-5-4-8-15(9-10)12(16)11-6-3-7-13-11/h10-11,13H,3-9H2,1-2H3/t10?,11-/m0/s1. The van der Waals surface area contributed by atoms with Crippen molar-refractivity contribution in [3.05, 3.63) is 0 Å². The third-order valence-electron chi connectivity index (χ3n) is 3.80. The molecule has 0 aromatic carbocycles. The molecule has 0 bridgehead atoms. The van der Waals surface area contributed by atoms with E-state index in [1.54, 1.807) is 0 Å². The molecule has 1 unspecified atom stereocenters. The molecular weight excluding hydrogens is 202 g/mol. The Kier molecular flexibility index (Phi) is 3.82. The minimum Gasteiger partial charge on any atom is -0.340 e. The Labute approximate surface area is 98.0 Å². The molecule has 1 amide bonds. The van der Waals surface area contributed by atoms with Crippen LogP contribution in [0.15, 0.2) is 0 Å². The van der Waals surface area contributed by atoms with E-state index < -0.39 is 0 Å². The van der Waals surface area contributed by atoms with Crippen LogP contribution in [0.2, 0.25) is 0 Å². The summed E-state index contributed by atoms with van der Waals surface area (Å²) in [5, 5.41) is 3.29. The third kappa shape index (κ3) is 2.55. The summed E-state index contributed by atoms with van der Waals surface area (Å²) < 4.78 is 0. The molecule has 0 aromatic heterocycles. The highest BCUT2D eigenvalue weighted by molar-refractivity contribution is 5.82. The molecule has 2 atom stereocenters. The van der Waals surface area contributed by atoms with Gasteiger partial charge in [0.05, 0.1) is 6.04 Å². The van der Waals surface area contributed by atoms with Crippen molar-refractivity contribution in [2.24, 2.45) is 0 Å². The number of carbonyl (C=O) groups is 1. The van der Waals surface area contributed by atoms with E-state index >= 15 is 0 Å². The molecule has 1 N–H and O–H groups in total. The minimum atomic E-state index is 0.0981. The van der Waals surface area contributed by atoms with Crippen LogP contribution in [-0.4, -0.2) is 61.5 Å². The van der Waals surface area contributed by atoms with Crippen LogP contribution >= 0.6 is 0 Å². The van der Waals surface area contributed by atoms with Gasteiger partial charge in [0.25, 0.3) is 0 Å². The lowest BCUT2D eigenvalue weighted by atomic mass is 10.0. The van der Waals surface area contributed by atoms with Crippen LogP contribution in [0, 0.1) is 0 Å². The van der Waals surface area contributed by atoms with Crippen molar-refractivity contribution in [1.82, 2.24) is 15.1 Å². The van der Waals surface area contributed by atoms with Gasteiger partial charge >= 0.3 is 0 Å². The zero-order valence-corrected chi connectivity index (χ0v) is 10.4. The molecule has 16 heavy (non-hydrogen) atoms. The van der Waals surface area contributed by atoms with Gasteiger partial charge in [-0.15, -0.1) is 0 Å². The second-order valence-corrected chi connectivity index (χ2v) is 5.19. The Hall–Kier alpha value is -0.610. The maximum Gasteiger partial charge on any atom is 0.239 e. The number of carbonyl (C=O) groups excluding carboxylic acids is 1. The quantitative estimate of drug-likeness (QED) is 0.734. The summed E-state index contributed by atoms with van der Waals surface area (Å²) in [6.07, 6.45) is 4.51. The molecule has 0 radical (unpaired) electrons. The summed E-state index contributed by atoms with van der Waals surface area (Å²) >= 11 is 0. The molecule has 2 aliphatic heterocycles. The molecule has 2 rings (SSSR count). The number of likely N-dealkylation sites (tertiary alicyclic amines) is 1. The van der Waals surface area contributed by atoms with Gasteiger partial charge in [0, 0.05) is 19.1 Å². The first-order valence-electron chi connectivity index (χ1n) is 6.37. The number of rotatable bonds is 2. The third-order valence-corrected chi connectivity index (χ3v) is 3.80. The van der Waals surface area contributed by atoms with Crippen molar-refractivity contribution in [2.45, 2.75) is 37.8 Å². The van der Waals surface area contributed by atoms with Gasteiger partial charge in [0.2, 0.25) is 5.91 Å². The molecule has 2 aliphatic rings. The fraction of sp³-hybridized carbons (Fsp3) is 0.917. The predicted molar refractivity (Wildman–Crippen MR) is 64.3 cm³/mol. The van der Waals surface area contributed by atoms with Crippen molar-refractivity contribution in [3.8, 4) is 0 Å². The van der Waals surface area contributed by atoms with Gasteiger partial charge in [-0.3, -0.25) is 4.79 Å². The van der Waals surface area contributed by atoms with Crippen molar-refractivity contribution in [2.75, 3.05) is 33.7 Å². The van der Waals surface area contributed by atoms with Crippen molar-refractivity contribution in [1.29, 1.82) is 0 Å². The maximum atomic E-state index is 12.2. The highest BCUT2D eigenvalue weighted by Gasteiger charge is 2.30. The summed E-state index contributed by atoms with van der Waals surface area (Å²) in [5.41, 5.74) is 0. The van der Waals surface area contributed by atoms with Crippen LogP contribution < -0.4 is 5.32 Å². The number of amides is 1. The Bertz CT molecular complexity index is 249. The number of piperidine rings is 1. The van der Waals surface area contributed by atoms with E-state index in [2.05, 4.69) is 29.2 Å². The Morgan fingerprint density at radius 3 is 2.75 bits per heavy atom. The fourth-order valence-electron chi connectivity index (χ4n) is 2.69. The second-order valence-electron chi connectivity index (χ2n) is 5.19. The number of hydrogen-bond acceptors (Lipinski definition) is 3. The van der Waals surface area contributed by atoms with Crippen LogP contribution in [-0.2, 0) is 4.79 Å². The smallest absolute Gasteiger partial charge is 0.239 e. The molecule has 92 valence electrons. The maximum absolute atomic E-state index is 12.2. The van der Waals surface area contributed by atoms with E-state index in [1.807, 2.05) is 0 Å². The molecule has 2 saturated heterocycles. The summed E-state index contributed by atoms with van der Waals surface area (Å²) in [5.74, 6) is 0.323. The Morgan fingerprint density at radius 2 is 2.12 bits per heavy atom. The molecule has 2 heterocycles. The van der Waals surface area contributed by atoms with Crippen molar-refractivity contribution < 1.29 is 4.79 Å². The van der Waals surface area contributed by atoms with E-state index in [1.165, 1.54) is 6.42 Å². The average Bonchev–Trinajstić information content (AvgIpc) is 2.81. The molecule has 0 saturated carbocycles.